The predicted octanol–water partition coefficient (Wildman–Crippen LogP) is 1.54. The molecule has 0 saturated carbocycles. The van der Waals surface area contributed by atoms with Crippen LogP contribution in [0.1, 0.15) is 24.5 Å². The summed E-state index contributed by atoms with van der Waals surface area (Å²) in [7, 11) is 0. The van der Waals surface area contributed by atoms with Crippen LogP contribution in [-0.4, -0.2) is 41.8 Å². The van der Waals surface area contributed by atoms with Crippen molar-refractivity contribution in [1.82, 2.24) is 10.2 Å². The number of hydrogen-bond donors (Lipinski definition) is 2. The quantitative estimate of drug-likeness (QED) is 0.848. The van der Waals surface area contributed by atoms with Gasteiger partial charge in [-0.25, -0.2) is 0 Å². The van der Waals surface area contributed by atoms with Gasteiger partial charge in [0.1, 0.15) is 0 Å². The number of piperazine rings is 1. The zero-order valence-electron chi connectivity index (χ0n) is 11.4. The van der Waals surface area contributed by atoms with E-state index in [-0.39, 0.29) is 6.61 Å². The highest BCUT2D eigenvalue weighted by Gasteiger charge is 2.23. The summed E-state index contributed by atoms with van der Waals surface area (Å²) in [6, 6.07) is 9.69. The summed E-state index contributed by atoms with van der Waals surface area (Å²) in [5.74, 6) is 0. The van der Waals surface area contributed by atoms with Gasteiger partial charge in [-0.2, -0.15) is 0 Å². The molecule has 1 saturated heterocycles. The SMILES string of the molecule is Cc1ccc(CN2CC(C)NC(CCO)C2)cc1. The highest BCUT2D eigenvalue weighted by atomic mass is 16.3. The minimum Gasteiger partial charge on any atom is -0.396 e. The fraction of sp³-hybridized carbons (Fsp3) is 0.600. The number of rotatable bonds is 4. The standard InChI is InChI=1S/C15H24N2O/c1-12-3-5-14(6-4-12)10-17-9-13(2)16-15(11-17)7-8-18/h3-6,13,15-16,18H,7-11H2,1-2H3. The predicted molar refractivity (Wildman–Crippen MR) is 74.5 cm³/mol. The summed E-state index contributed by atoms with van der Waals surface area (Å²) >= 11 is 0. The molecule has 2 unspecified atom stereocenters. The number of benzene rings is 1. The lowest BCUT2D eigenvalue weighted by Gasteiger charge is -2.37. The summed E-state index contributed by atoms with van der Waals surface area (Å²) in [5.41, 5.74) is 2.68. The largest absolute Gasteiger partial charge is 0.396 e. The Morgan fingerprint density at radius 3 is 2.67 bits per heavy atom. The van der Waals surface area contributed by atoms with Crippen molar-refractivity contribution in [1.29, 1.82) is 0 Å². The molecule has 0 amide bonds. The van der Waals surface area contributed by atoms with Crippen molar-refractivity contribution >= 4 is 0 Å². The number of nitrogens with one attached hydrogen (secondary N) is 1. The molecule has 2 rings (SSSR count). The molecule has 3 nitrogen and oxygen atoms in total. The van der Waals surface area contributed by atoms with Crippen LogP contribution in [0.15, 0.2) is 24.3 Å². The van der Waals surface area contributed by atoms with Crippen LogP contribution in [0.4, 0.5) is 0 Å². The van der Waals surface area contributed by atoms with Gasteiger partial charge in [-0.15, -0.1) is 0 Å². The Hall–Kier alpha value is -0.900. The summed E-state index contributed by atoms with van der Waals surface area (Å²) in [4.78, 5) is 2.48. The van der Waals surface area contributed by atoms with E-state index in [4.69, 9.17) is 5.11 Å². The van der Waals surface area contributed by atoms with Gasteiger partial charge in [0.15, 0.2) is 0 Å². The van der Waals surface area contributed by atoms with Crippen molar-refractivity contribution < 1.29 is 5.11 Å². The molecule has 100 valence electrons. The minimum atomic E-state index is 0.267. The van der Waals surface area contributed by atoms with Gasteiger partial charge in [-0.1, -0.05) is 29.8 Å². The Kier molecular flexibility index (Phi) is 4.75. The van der Waals surface area contributed by atoms with E-state index in [1.807, 2.05) is 0 Å². The number of nitrogens with zero attached hydrogens (tertiary/aromatic N) is 1. The second-order valence-electron chi connectivity index (χ2n) is 5.46. The lowest BCUT2D eigenvalue weighted by Crippen LogP contribution is -2.55. The molecule has 0 bridgehead atoms. The molecular formula is C15H24N2O. The average Bonchev–Trinajstić information content (AvgIpc) is 2.32. The van der Waals surface area contributed by atoms with Gasteiger partial charge in [0.25, 0.3) is 0 Å². The van der Waals surface area contributed by atoms with Crippen molar-refractivity contribution in [3.63, 3.8) is 0 Å². The summed E-state index contributed by atoms with van der Waals surface area (Å²) in [6.45, 7) is 7.71. The second-order valence-corrected chi connectivity index (χ2v) is 5.46. The first-order valence-corrected chi connectivity index (χ1v) is 6.82. The number of hydrogen-bond acceptors (Lipinski definition) is 3. The smallest absolute Gasteiger partial charge is 0.0446 e. The van der Waals surface area contributed by atoms with Crippen molar-refractivity contribution in [2.75, 3.05) is 19.7 Å². The molecule has 0 aliphatic carbocycles. The lowest BCUT2D eigenvalue weighted by atomic mass is 10.1. The Labute approximate surface area is 110 Å². The van der Waals surface area contributed by atoms with Gasteiger partial charge in [0.05, 0.1) is 0 Å². The van der Waals surface area contributed by atoms with Gasteiger partial charge in [0.2, 0.25) is 0 Å². The molecule has 1 aromatic rings. The van der Waals surface area contributed by atoms with Gasteiger partial charge in [-0.05, 0) is 25.8 Å². The van der Waals surface area contributed by atoms with Crippen LogP contribution in [0, 0.1) is 6.92 Å². The van der Waals surface area contributed by atoms with Gasteiger partial charge >= 0.3 is 0 Å². The Morgan fingerprint density at radius 2 is 2.00 bits per heavy atom. The third-order valence-electron chi connectivity index (χ3n) is 3.54. The summed E-state index contributed by atoms with van der Waals surface area (Å²) in [5, 5.41) is 12.6. The van der Waals surface area contributed by atoms with Gasteiger partial charge in [-0.3, -0.25) is 4.90 Å². The van der Waals surface area contributed by atoms with Crippen LogP contribution in [0.25, 0.3) is 0 Å². The van der Waals surface area contributed by atoms with Crippen LogP contribution in [0.2, 0.25) is 0 Å². The monoisotopic (exact) mass is 248 g/mol. The first-order chi connectivity index (χ1) is 8.67. The summed E-state index contributed by atoms with van der Waals surface area (Å²) < 4.78 is 0. The van der Waals surface area contributed by atoms with Crippen molar-refractivity contribution in [2.45, 2.75) is 38.9 Å². The third kappa shape index (κ3) is 3.80. The maximum absolute atomic E-state index is 9.05. The van der Waals surface area contributed by atoms with E-state index in [1.54, 1.807) is 0 Å². The molecule has 1 aliphatic heterocycles. The molecule has 18 heavy (non-hydrogen) atoms. The fourth-order valence-electron chi connectivity index (χ4n) is 2.69. The van der Waals surface area contributed by atoms with Crippen LogP contribution in [0.3, 0.4) is 0 Å². The normalized spacial score (nSPS) is 25.3. The first kappa shape index (κ1) is 13.5. The van der Waals surface area contributed by atoms with E-state index in [0.29, 0.717) is 12.1 Å². The molecule has 1 aliphatic rings. The van der Waals surface area contributed by atoms with Crippen LogP contribution >= 0.6 is 0 Å². The van der Waals surface area contributed by atoms with Crippen LogP contribution in [-0.2, 0) is 6.54 Å². The maximum Gasteiger partial charge on any atom is 0.0446 e. The highest BCUT2D eigenvalue weighted by Crippen LogP contribution is 2.12. The van der Waals surface area contributed by atoms with Crippen molar-refractivity contribution in [3.8, 4) is 0 Å². The minimum absolute atomic E-state index is 0.267. The molecule has 1 heterocycles. The van der Waals surface area contributed by atoms with E-state index in [2.05, 4.69) is 48.3 Å². The van der Waals surface area contributed by atoms with Crippen molar-refractivity contribution in [2.24, 2.45) is 0 Å². The number of aryl methyl sites for hydroxylation is 1. The molecular weight excluding hydrogens is 224 g/mol. The highest BCUT2D eigenvalue weighted by molar-refractivity contribution is 5.21. The van der Waals surface area contributed by atoms with Crippen molar-refractivity contribution in [3.05, 3.63) is 35.4 Å². The fourth-order valence-corrected chi connectivity index (χ4v) is 2.69. The van der Waals surface area contributed by atoms with Gasteiger partial charge in [0, 0.05) is 38.3 Å². The van der Waals surface area contributed by atoms with E-state index < -0.39 is 0 Å². The zero-order valence-corrected chi connectivity index (χ0v) is 11.4. The van der Waals surface area contributed by atoms with Crippen LogP contribution in [0.5, 0.6) is 0 Å². The van der Waals surface area contributed by atoms with Crippen LogP contribution < -0.4 is 5.32 Å². The van der Waals surface area contributed by atoms with E-state index in [1.165, 1.54) is 11.1 Å². The molecule has 0 radical (unpaired) electrons. The Bertz CT molecular complexity index is 363. The maximum atomic E-state index is 9.05. The Balaban J connectivity index is 1.93. The molecule has 3 heteroatoms. The molecule has 0 spiro atoms. The van der Waals surface area contributed by atoms with Gasteiger partial charge < -0.3 is 10.4 Å². The second kappa shape index (κ2) is 6.32. The number of aliphatic hydroxyl groups excluding tert-OH is 1. The molecule has 0 aromatic heterocycles. The molecule has 1 aromatic carbocycles. The third-order valence-corrected chi connectivity index (χ3v) is 3.54. The van der Waals surface area contributed by atoms with E-state index in [9.17, 15) is 0 Å². The first-order valence-electron chi connectivity index (χ1n) is 6.82. The molecule has 2 N–H and O–H groups in total. The zero-order chi connectivity index (χ0) is 13.0. The average molecular weight is 248 g/mol. The molecule has 1 fully saturated rings. The topological polar surface area (TPSA) is 35.5 Å². The van der Waals surface area contributed by atoms with E-state index in [0.717, 1.165) is 26.1 Å². The van der Waals surface area contributed by atoms with E-state index >= 15 is 0 Å². The Morgan fingerprint density at radius 1 is 1.28 bits per heavy atom. The summed E-state index contributed by atoms with van der Waals surface area (Å²) in [6.07, 6.45) is 0.842. The lowest BCUT2D eigenvalue weighted by molar-refractivity contribution is 0.141. The molecule has 2 atom stereocenters. The number of aliphatic hydroxyl groups is 1.